The first kappa shape index (κ1) is 26.5. The molecule has 0 spiro atoms. The van der Waals surface area contributed by atoms with Crippen LogP contribution in [0.2, 0.25) is 0 Å². The van der Waals surface area contributed by atoms with Crippen LogP contribution in [0.5, 0.6) is 5.88 Å². The third-order valence-corrected chi connectivity index (χ3v) is 7.59. The Balaban J connectivity index is 1.30. The number of aromatic amines is 1. The third-order valence-electron chi connectivity index (χ3n) is 7.59. The highest BCUT2D eigenvalue weighted by molar-refractivity contribution is 6.22. The number of fused-ring (bicyclic) bond motifs is 1. The Bertz CT molecular complexity index is 1670. The van der Waals surface area contributed by atoms with E-state index in [2.05, 4.69) is 26.8 Å². The molecular weight excluding hydrogens is 516 g/mol. The monoisotopic (exact) mass is 548 g/mol. The number of likely N-dealkylation sites (N-methyl/N-ethyl adjacent to an activating group) is 2. The Morgan fingerprint density at radius 2 is 1.80 bits per heavy atom. The number of aromatic nitrogens is 2. The van der Waals surface area contributed by atoms with Crippen molar-refractivity contribution in [2.45, 2.75) is 0 Å². The molecule has 1 aliphatic rings. The van der Waals surface area contributed by atoms with Gasteiger partial charge < -0.3 is 24.3 Å². The molecule has 208 valence electrons. The van der Waals surface area contributed by atoms with Crippen LogP contribution in [0.25, 0.3) is 22.2 Å². The Labute approximate surface area is 238 Å². The van der Waals surface area contributed by atoms with E-state index in [1.54, 1.807) is 11.1 Å². The SMILES string of the molecule is CN1CCN(CC(=O)N(C)c2ccc(N=C(c3ccccc3)c3c(O)[nH]c4cc(-c5cnco5)ccc34)cc2)CC1. The lowest BCUT2D eigenvalue weighted by molar-refractivity contribution is -0.119. The van der Waals surface area contributed by atoms with Crippen molar-refractivity contribution < 1.29 is 14.3 Å². The molecule has 0 radical (unpaired) electrons. The second-order valence-electron chi connectivity index (χ2n) is 10.3. The van der Waals surface area contributed by atoms with E-state index in [4.69, 9.17) is 9.41 Å². The second kappa shape index (κ2) is 11.4. The molecule has 41 heavy (non-hydrogen) atoms. The summed E-state index contributed by atoms with van der Waals surface area (Å²) in [6, 6.07) is 23.2. The van der Waals surface area contributed by atoms with Gasteiger partial charge in [-0.2, -0.15) is 0 Å². The topological polar surface area (TPSA) is 101 Å². The Kier molecular flexibility index (Phi) is 7.37. The molecule has 1 amide bonds. The predicted octanol–water partition coefficient (Wildman–Crippen LogP) is 4.91. The number of benzene rings is 3. The van der Waals surface area contributed by atoms with Crippen LogP contribution in [0, 0.1) is 0 Å². The largest absolute Gasteiger partial charge is 0.494 e. The van der Waals surface area contributed by atoms with E-state index in [0.29, 0.717) is 29.3 Å². The van der Waals surface area contributed by atoms with Crippen LogP contribution in [0.3, 0.4) is 0 Å². The average molecular weight is 549 g/mol. The molecule has 2 aromatic heterocycles. The van der Waals surface area contributed by atoms with Crippen LogP contribution in [0.15, 0.2) is 94.8 Å². The van der Waals surface area contributed by atoms with Crippen molar-refractivity contribution in [3.63, 3.8) is 0 Å². The summed E-state index contributed by atoms with van der Waals surface area (Å²) in [5.41, 5.74) is 5.23. The van der Waals surface area contributed by atoms with Crippen LogP contribution in [-0.2, 0) is 4.79 Å². The Morgan fingerprint density at radius 1 is 1.05 bits per heavy atom. The molecule has 0 unspecified atom stereocenters. The molecule has 0 saturated carbocycles. The molecule has 0 bridgehead atoms. The molecular formula is C32H32N6O3. The van der Waals surface area contributed by atoms with E-state index in [9.17, 15) is 9.90 Å². The van der Waals surface area contributed by atoms with E-state index in [1.165, 1.54) is 6.39 Å². The van der Waals surface area contributed by atoms with Crippen molar-refractivity contribution in [1.29, 1.82) is 0 Å². The number of anilines is 1. The van der Waals surface area contributed by atoms with Crippen molar-refractivity contribution in [2.75, 3.05) is 51.7 Å². The minimum Gasteiger partial charge on any atom is -0.494 e. The molecule has 3 aromatic carbocycles. The van der Waals surface area contributed by atoms with Crippen molar-refractivity contribution in [3.8, 4) is 17.2 Å². The van der Waals surface area contributed by atoms with Gasteiger partial charge in [0.15, 0.2) is 18.0 Å². The maximum atomic E-state index is 13.0. The molecule has 5 aromatic rings. The van der Waals surface area contributed by atoms with Gasteiger partial charge in [-0.05, 0) is 37.4 Å². The van der Waals surface area contributed by atoms with Crippen molar-refractivity contribution in [1.82, 2.24) is 19.8 Å². The number of aromatic hydroxyl groups is 1. The van der Waals surface area contributed by atoms with Gasteiger partial charge in [-0.15, -0.1) is 0 Å². The zero-order valence-electron chi connectivity index (χ0n) is 23.1. The minimum absolute atomic E-state index is 0.0307. The number of hydrogen-bond acceptors (Lipinski definition) is 7. The lowest BCUT2D eigenvalue weighted by Crippen LogP contribution is -2.48. The lowest BCUT2D eigenvalue weighted by Gasteiger charge is -2.32. The van der Waals surface area contributed by atoms with Crippen LogP contribution >= 0.6 is 0 Å². The number of carbonyl (C=O) groups is 1. The average Bonchev–Trinajstić information content (AvgIpc) is 3.65. The van der Waals surface area contributed by atoms with Gasteiger partial charge in [0.2, 0.25) is 5.91 Å². The van der Waals surface area contributed by atoms with Gasteiger partial charge in [-0.25, -0.2) is 9.98 Å². The number of nitrogens with one attached hydrogen (secondary N) is 1. The first-order chi connectivity index (χ1) is 20.0. The van der Waals surface area contributed by atoms with Gasteiger partial charge in [0.05, 0.1) is 29.7 Å². The standard InChI is InChI=1S/C32H32N6O3/c1-36-14-16-38(17-15-36)20-29(39)37(2)25-11-9-24(10-12-25)34-31(22-6-4-3-5-7-22)30-26-13-8-23(28-19-33-21-41-28)18-27(26)35-32(30)40/h3-13,18-19,21,35,40H,14-17,20H2,1-2H3. The zero-order chi connectivity index (χ0) is 28.3. The van der Waals surface area contributed by atoms with Gasteiger partial charge in [-0.1, -0.05) is 42.5 Å². The van der Waals surface area contributed by atoms with Crippen LogP contribution < -0.4 is 4.90 Å². The fraction of sp³-hybridized carbons (Fsp3) is 0.219. The predicted molar refractivity (Wildman–Crippen MR) is 161 cm³/mol. The summed E-state index contributed by atoms with van der Waals surface area (Å²) in [5, 5.41) is 11.9. The second-order valence-corrected chi connectivity index (χ2v) is 10.3. The van der Waals surface area contributed by atoms with E-state index < -0.39 is 0 Å². The van der Waals surface area contributed by atoms with E-state index in [-0.39, 0.29) is 11.8 Å². The quantitative estimate of drug-likeness (QED) is 0.281. The summed E-state index contributed by atoms with van der Waals surface area (Å²) in [4.78, 5) is 31.2. The molecule has 0 aliphatic carbocycles. The maximum absolute atomic E-state index is 13.0. The number of aliphatic imine (C=N–C) groups is 1. The molecule has 9 heteroatoms. The number of oxazole rings is 1. The summed E-state index contributed by atoms with van der Waals surface area (Å²) in [6.07, 6.45) is 3.05. The normalized spacial score (nSPS) is 14.9. The van der Waals surface area contributed by atoms with Gasteiger partial charge >= 0.3 is 0 Å². The lowest BCUT2D eigenvalue weighted by atomic mass is 10.00. The minimum atomic E-state index is 0.0307. The summed E-state index contributed by atoms with van der Waals surface area (Å²) in [6.45, 7) is 4.15. The number of nitrogens with zero attached hydrogens (tertiary/aromatic N) is 5. The smallest absolute Gasteiger partial charge is 0.240 e. The van der Waals surface area contributed by atoms with Gasteiger partial charge in [-0.3, -0.25) is 9.69 Å². The van der Waals surface area contributed by atoms with Crippen LogP contribution in [-0.4, -0.2) is 83.3 Å². The molecule has 9 nitrogen and oxygen atoms in total. The highest BCUT2D eigenvalue weighted by Crippen LogP contribution is 2.34. The van der Waals surface area contributed by atoms with Gasteiger partial charge in [0.1, 0.15) is 0 Å². The molecule has 6 rings (SSSR count). The van der Waals surface area contributed by atoms with Crippen LogP contribution in [0.4, 0.5) is 11.4 Å². The number of H-pyrrole nitrogens is 1. The third kappa shape index (κ3) is 5.63. The van der Waals surface area contributed by atoms with Gasteiger partial charge in [0, 0.05) is 60.9 Å². The van der Waals surface area contributed by atoms with Crippen LogP contribution in [0.1, 0.15) is 11.1 Å². The number of hydrogen-bond donors (Lipinski definition) is 2. The van der Waals surface area contributed by atoms with Crippen molar-refractivity contribution >= 4 is 33.9 Å². The highest BCUT2D eigenvalue weighted by Gasteiger charge is 2.21. The molecule has 1 aliphatic heterocycles. The summed E-state index contributed by atoms with van der Waals surface area (Å²) in [5.74, 6) is 0.735. The number of piperazine rings is 1. The van der Waals surface area contributed by atoms with Crippen molar-refractivity contribution in [2.24, 2.45) is 4.99 Å². The fourth-order valence-corrected chi connectivity index (χ4v) is 5.12. The van der Waals surface area contributed by atoms with E-state index in [1.807, 2.05) is 79.8 Å². The van der Waals surface area contributed by atoms with E-state index >= 15 is 0 Å². The zero-order valence-corrected chi connectivity index (χ0v) is 23.1. The summed E-state index contributed by atoms with van der Waals surface area (Å²) in [7, 11) is 3.91. The van der Waals surface area contributed by atoms with Crippen molar-refractivity contribution in [3.05, 3.63) is 96.5 Å². The first-order valence-electron chi connectivity index (χ1n) is 13.6. The molecule has 0 atom stereocenters. The summed E-state index contributed by atoms with van der Waals surface area (Å²) < 4.78 is 5.44. The molecule has 2 N–H and O–H groups in total. The maximum Gasteiger partial charge on any atom is 0.240 e. The number of carbonyl (C=O) groups excluding carboxylic acids is 1. The fourth-order valence-electron chi connectivity index (χ4n) is 5.12. The molecule has 1 saturated heterocycles. The van der Waals surface area contributed by atoms with E-state index in [0.717, 1.165) is 53.9 Å². The molecule has 1 fully saturated rings. The number of rotatable bonds is 7. The molecule has 3 heterocycles. The highest BCUT2D eigenvalue weighted by atomic mass is 16.3. The first-order valence-corrected chi connectivity index (χ1v) is 13.6. The Morgan fingerprint density at radius 3 is 2.51 bits per heavy atom. The Hall–Kier alpha value is -4.73. The van der Waals surface area contributed by atoms with Gasteiger partial charge in [0.25, 0.3) is 0 Å². The number of amides is 1. The summed E-state index contributed by atoms with van der Waals surface area (Å²) >= 11 is 0.